The minimum atomic E-state index is 0.407. The highest BCUT2D eigenvalue weighted by molar-refractivity contribution is 5.53. The molecule has 1 saturated heterocycles. The summed E-state index contributed by atoms with van der Waals surface area (Å²) in [5, 5.41) is 3.47. The van der Waals surface area contributed by atoms with Crippen LogP contribution < -0.4 is 5.32 Å². The molecule has 0 amide bonds. The molecule has 1 atom stereocenters. The molecular formula is C13H19NO. The highest BCUT2D eigenvalue weighted by Gasteiger charge is 2.15. The average Bonchev–Trinajstić information content (AvgIpc) is 2.73. The SMILES string of the molecule is Cc1cccc(NCC2CCCO2)c1C. The van der Waals surface area contributed by atoms with Gasteiger partial charge in [0.25, 0.3) is 0 Å². The topological polar surface area (TPSA) is 21.3 Å². The molecule has 2 rings (SSSR count). The monoisotopic (exact) mass is 205 g/mol. The Morgan fingerprint density at radius 1 is 1.40 bits per heavy atom. The zero-order chi connectivity index (χ0) is 10.7. The molecule has 1 fully saturated rings. The van der Waals surface area contributed by atoms with E-state index in [1.165, 1.54) is 29.7 Å². The highest BCUT2D eigenvalue weighted by Crippen LogP contribution is 2.19. The first-order chi connectivity index (χ1) is 7.27. The lowest BCUT2D eigenvalue weighted by Gasteiger charge is -2.14. The van der Waals surface area contributed by atoms with Crippen LogP contribution in [0.25, 0.3) is 0 Å². The first-order valence-electron chi connectivity index (χ1n) is 5.69. The van der Waals surface area contributed by atoms with Gasteiger partial charge in [-0.3, -0.25) is 0 Å². The predicted octanol–water partition coefficient (Wildman–Crippen LogP) is 2.89. The van der Waals surface area contributed by atoms with Gasteiger partial charge in [-0.05, 0) is 43.9 Å². The number of hydrogen-bond acceptors (Lipinski definition) is 2. The van der Waals surface area contributed by atoms with Gasteiger partial charge in [-0.1, -0.05) is 12.1 Å². The van der Waals surface area contributed by atoms with Gasteiger partial charge in [-0.25, -0.2) is 0 Å². The van der Waals surface area contributed by atoms with E-state index in [4.69, 9.17) is 4.74 Å². The van der Waals surface area contributed by atoms with E-state index in [1.807, 2.05) is 0 Å². The molecule has 0 aromatic heterocycles. The Bertz CT molecular complexity index is 329. The zero-order valence-corrected chi connectivity index (χ0v) is 9.55. The van der Waals surface area contributed by atoms with E-state index in [0.29, 0.717) is 6.10 Å². The van der Waals surface area contributed by atoms with Crippen molar-refractivity contribution in [3.8, 4) is 0 Å². The second kappa shape index (κ2) is 4.67. The molecule has 0 saturated carbocycles. The Hall–Kier alpha value is -1.02. The summed E-state index contributed by atoms with van der Waals surface area (Å²) in [5.41, 5.74) is 3.92. The number of aryl methyl sites for hydroxylation is 1. The summed E-state index contributed by atoms with van der Waals surface area (Å²) in [6.07, 6.45) is 2.81. The van der Waals surface area contributed by atoms with Crippen LogP contribution in [-0.4, -0.2) is 19.3 Å². The number of benzene rings is 1. The van der Waals surface area contributed by atoms with E-state index in [-0.39, 0.29) is 0 Å². The molecular weight excluding hydrogens is 186 g/mol. The van der Waals surface area contributed by atoms with Gasteiger partial charge >= 0.3 is 0 Å². The quantitative estimate of drug-likeness (QED) is 0.819. The number of nitrogens with one attached hydrogen (secondary N) is 1. The molecule has 1 heterocycles. The molecule has 2 nitrogen and oxygen atoms in total. The van der Waals surface area contributed by atoms with E-state index in [9.17, 15) is 0 Å². The summed E-state index contributed by atoms with van der Waals surface area (Å²) < 4.78 is 5.58. The Kier molecular flexibility index (Phi) is 3.27. The first-order valence-corrected chi connectivity index (χ1v) is 5.69. The maximum Gasteiger partial charge on any atom is 0.0748 e. The Morgan fingerprint density at radius 2 is 2.27 bits per heavy atom. The van der Waals surface area contributed by atoms with Crippen LogP contribution in [0.4, 0.5) is 5.69 Å². The zero-order valence-electron chi connectivity index (χ0n) is 9.55. The Balaban J connectivity index is 1.95. The fraction of sp³-hybridized carbons (Fsp3) is 0.538. The van der Waals surface area contributed by atoms with Crippen LogP contribution in [0.1, 0.15) is 24.0 Å². The highest BCUT2D eigenvalue weighted by atomic mass is 16.5. The Labute approximate surface area is 91.6 Å². The number of anilines is 1. The van der Waals surface area contributed by atoms with E-state index in [0.717, 1.165) is 13.2 Å². The van der Waals surface area contributed by atoms with Crippen LogP contribution in [0.2, 0.25) is 0 Å². The molecule has 0 spiro atoms. The van der Waals surface area contributed by atoms with Gasteiger partial charge in [0.1, 0.15) is 0 Å². The van der Waals surface area contributed by atoms with Gasteiger partial charge in [0.2, 0.25) is 0 Å². The molecule has 0 aliphatic carbocycles. The molecule has 1 unspecified atom stereocenters. The standard InChI is InChI=1S/C13H19NO/c1-10-5-3-7-13(11(10)2)14-9-12-6-4-8-15-12/h3,5,7,12,14H,4,6,8-9H2,1-2H3. The molecule has 1 N–H and O–H groups in total. The van der Waals surface area contributed by atoms with Gasteiger partial charge in [-0.15, -0.1) is 0 Å². The smallest absolute Gasteiger partial charge is 0.0748 e. The van der Waals surface area contributed by atoms with Crippen LogP contribution in [0.5, 0.6) is 0 Å². The fourth-order valence-corrected chi connectivity index (χ4v) is 1.97. The van der Waals surface area contributed by atoms with Crippen LogP contribution in [0, 0.1) is 13.8 Å². The summed E-state index contributed by atoms with van der Waals surface area (Å²) >= 11 is 0. The average molecular weight is 205 g/mol. The molecule has 0 bridgehead atoms. The van der Waals surface area contributed by atoms with Crippen molar-refractivity contribution in [3.63, 3.8) is 0 Å². The van der Waals surface area contributed by atoms with Crippen LogP contribution in [0.3, 0.4) is 0 Å². The molecule has 1 aliphatic rings. The van der Waals surface area contributed by atoms with Crippen molar-refractivity contribution in [2.75, 3.05) is 18.5 Å². The third-order valence-corrected chi connectivity index (χ3v) is 3.15. The lowest BCUT2D eigenvalue weighted by atomic mass is 10.1. The van der Waals surface area contributed by atoms with E-state index in [1.54, 1.807) is 0 Å². The maximum atomic E-state index is 5.58. The number of rotatable bonds is 3. The molecule has 15 heavy (non-hydrogen) atoms. The summed E-state index contributed by atoms with van der Waals surface area (Å²) in [4.78, 5) is 0. The molecule has 1 aromatic carbocycles. The molecule has 1 aromatic rings. The van der Waals surface area contributed by atoms with Crippen molar-refractivity contribution in [1.82, 2.24) is 0 Å². The summed E-state index contributed by atoms with van der Waals surface area (Å²) in [5.74, 6) is 0. The van der Waals surface area contributed by atoms with Gasteiger partial charge < -0.3 is 10.1 Å². The maximum absolute atomic E-state index is 5.58. The third-order valence-electron chi connectivity index (χ3n) is 3.15. The minimum Gasteiger partial charge on any atom is -0.382 e. The van der Waals surface area contributed by atoms with Crippen molar-refractivity contribution < 1.29 is 4.74 Å². The van der Waals surface area contributed by atoms with Gasteiger partial charge in [0.15, 0.2) is 0 Å². The van der Waals surface area contributed by atoms with Gasteiger partial charge in [-0.2, -0.15) is 0 Å². The van der Waals surface area contributed by atoms with E-state index >= 15 is 0 Å². The summed E-state index contributed by atoms with van der Waals surface area (Å²) in [6.45, 7) is 6.17. The van der Waals surface area contributed by atoms with E-state index < -0.39 is 0 Å². The van der Waals surface area contributed by atoms with Gasteiger partial charge in [0, 0.05) is 18.8 Å². The van der Waals surface area contributed by atoms with Crippen LogP contribution >= 0.6 is 0 Å². The van der Waals surface area contributed by atoms with Crippen LogP contribution in [0.15, 0.2) is 18.2 Å². The van der Waals surface area contributed by atoms with Gasteiger partial charge in [0.05, 0.1) is 6.10 Å². The third kappa shape index (κ3) is 2.51. The lowest BCUT2D eigenvalue weighted by molar-refractivity contribution is 0.120. The molecule has 0 radical (unpaired) electrons. The molecule has 82 valence electrons. The van der Waals surface area contributed by atoms with Crippen molar-refractivity contribution in [2.24, 2.45) is 0 Å². The molecule has 2 heteroatoms. The second-order valence-corrected chi connectivity index (χ2v) is 4.26. The van der Waals surface area contributed by atoms with Crippen molar-refractivity contribution in [2.45, 2.75) is 32.8 Å². The number of hydrogen-bond donors (Lipinski definition) is 1. The van der Waals surface area contributed by atoms with E-state index in [2.05, 4.69) is 37.4 Å². The first kappa shape index (κ1) is 10.5. The van der Waals surface area contributed by atoms with Crippen molar-refractivity contribution in [1.29, 1.82) is 0 Å². The van der Waals surface area contributed by atoms with Crippen LogP contribution in [-0.2, 0) is 4.74 Å². The number of ether oxygens (including phenoxy) is 1. The fourth-order valence-electron chi connectivity index (χ4n) is 1.97. The second-order valence-electron chi connectivity index (χ2n) is 4.26. The normalized spacial score (nSPS) is 20.5. The van der Waals surface area contributed by atoms with Crippen molar-refractivity contribution in [3.05, 3.63) is 29.3 Å². The lowest BCUT2D eigenvalue weighted by Crippen LogP contribution is -2.18. The summed E-state index contributed by atoms with van der Waals surface area (Å²) in [7, 11) is 0. The largest absolute Gasteiger partial charge is 0.382 e. The Morgan fingerprint density at radius 3 is 3.00 bits per heavy atom. The molecule has 1 aliphatic heterocycles. The summed E-state index contributed by atoms with van der Waals surface area (Å²) in [6, 6.07) is 6.38. The van der Waals surface area contributed by atoms with Crippen molar-refractivity contribution >= 4 is 5.69 Å². The predicted molar refractivity (Wildman–Crippen MR) is 63.4 cm³/mol. The minimum absolute atomic E-state index is 0.407.